The first kappa shape index (κ1) is 14.4. The van der Waals surface area contributed by atoms with Crippen LogP contribution in [0.5, 0.6) is 0 Å². The molecular weight excluding hydrogens is 272 g/mol. The van der Waals surface area contributed by atoms with Gasteiger partial charge in [-0.3, -0.25) is 14.2 Å². The number of aliphatic hydroxyl groups excluding tert-OH is 3. The van der Waals surface area contributed by atoms with Crippen LogP contribution >= 0.6 is 0 Å². The van der Waals surface area contributed by atoms with E-state index < -0.39 is 37.1 Å². The van der Waals surface area contributed by atoms with Crippen LogP contribution in [0.2, 0.25) is 0 Å². The summed E-state index contributed by atoms with van der Waals surface area (Å²) in [7, 11) is 0. The number of aromatic nitrogens is 2. The molecule has 1 aromatic heterocycles. The summed E-state index contributed by atoms with van der Waals surface area (Å²) in [5, 5.41) is 30.8. The van der Waals surface area contributed by atoms with Gasteiger partial charge in [0.1, 0.15) is 24.1 Å². The lowest BCUT2D eigenvalue weighted by atomic mass is 10.1. The summed E-state index contributed by atoms with van der Waals surface area (Å²) < 4.78 is 6.42. The van der Waals surface area contributed by atoms with E-state index in [4.69, 9.17) is 15.6 Å². The number of ether oxygens (including phenoxy) is 1. The molecule has 0 saturated carbocycles. The number of primary amides is 1. The molecule has 1 aromatic rings. The Labute approximate surface area is 112 Å². The molecule has 2 amide bonds. The van der Waals surface area contributed by atoms with Gasteiger partial charge in [0.25, 0.3) is 5.91 Å². The summed E-state index contributed by atoms with van der Waals surface area (Å²) in [4.78, 5) is 25.5. The second kappa shape index (κ2) is 5.54. The first-order valence-corrected chi connectivity index (χ1v) is 5.70. The van der Waals surface area contributed by atoms with E-state index >= 15 is 0 Å². The van der Waals surface area contributed by atoms with Crippen LogP contribution in [0.4, 0.5) is 5.82 Å². The monoisotopic (exact) mass is 286 g/mol. The van der Waals surface area contributed by atoms with E-state index in [2.05, 4.69) is 10.3 Å². The topological polar surface area (TPSA) is 160 Å². The molecule has 4 atom stereocenters. The Morgan fingerprint density at radius 1 is 1.55 bits per heavy atom. The number of anilines is 1. The van der Waals surface area contributed by atoms with Crippen molar-refractivity contribution in [1.29, 1.82) is 0 Å². The number of hydrogen-bond acceptors (Lipinski definition) is 7. The Balaban J connectivity index is 2.38. The highest BCUT2D eigenvalue weighted by molar-refractivity contribution is 5.97. The fraction of sp³-hybridized carbons (Fsp3) is 0.500. The maximum Gasteiger partial charge on any atom is 0.271 e. The molecule has 20 heavy (non-hydrogen) atoms. The first-order valence-electron chi connectivity index (χ1n) is 5.70. The number of nitrogens with two attached hydrogens (primary N) is 1. The van der Waals surface area contributed by atoms with E-state index in [1.165, 1.54) is 0 Å². The number of hydrogen-bond donors (Lipinski definition) is 5. The van der Waals surface area contributed by atoms with E-state index in [1.807, 2.05) is 0 Å². The van der Waals surface area contributed by atoms with Gasteiger partial charge in [0.05, 0.1) is 12.9 Å². The highest BCUT2D eigenvalue weighted by atomic mass is 16.6. The van der Waals surface area contributed by atoms with Crippen LogP contribution in [0.3, 0.4) is 0 Å². The summed E-state index contributed by atoms with van der Waals surface area (Å²) in [6, 6.07) is 0. The Bertz CT molecular complexity index is 518. The molecule has 0 aliphatic carbocycles. The average molecular weight is 286 g/mol. The number of carbonyl (C=O) groups is 2. The number of nitrogens with one attached hydrogen (secondary N) is 1. The quantitative estimate of drug-likeness (QED) is 0.364. The van der Waals surface area contributed by atoms with Gasteiger partial charge in [0, 0.05) is 0 Å². The summed E-state index contributed by atoms with van der Waals surface area (Å²) in [6.45, 7) is -0.497. The summed E-state index contributed by atoms with van der Waals surface area (Å²) >= 11 is 0. The molecule has 10 nitrogen and oxygen atoms in total. The van der Waals surface area contributed by atoms with Gasteiger partial charge in [-0.25, -0.2) is 4.98 Å². The zero-order chi connectivity index (χ0) is 14.9. The van der Waals surface area contributed by atoms with Crippen molar-refractivity contribution in [2.75, 3.05) is 11.9 Å². The van der Waals surface area contributed by atoms with Crippen molar-refractivity contribution in [3.63, 3.8) is 0 Å². The normalized spacial score (nSPS) is 29.4. The second-order valence-electron chi connectivity index (χ2n) is 4.20. The lowest BCUT2D eigenvalue weighted by molar-refractivity contribution is -0.105. The van der Waals surface area contributed by atoms with Crippen molar-refractivity contribution in [1.82, 2.24) is 9.55 Å². The molecule has 0 aromatic carbocycles. The minimum atomic E-state index is -1.37. The van der Waals surface area contributed by atoms with Crippen LogP contribution < -0.4 is 11.1 Å². The van der Waals surface area contributed by atoms with Crippen LogP contribution in [-0.2, 0) is 9.53 Å². The number of imidazole rings is 1. The number of amides is 2. The molecule has 1 aliphatic heterocycles. The minimum Gasteiger partial charge on any atom is -0.394 e. The van der Waals surface area contributed by atoms with Crippen LogP contribution in [0.1, 0.15) is 16.7 Å². The third-order valence-electron chi connectivity index (χ3n) is 3.01. The third-order valence-corrected chi connectivity index (χ3v) is 3.01. The molecule has 0 radical (unpaired) electrons. The van der Waals surface area contributed by atoms with Gasteiger partial charge >= 0.3 is 0 Å². The lowest BCUT2D eigenvalue weighted by Gasteiger charge is -2.18. The molecule has 2 heterocycles. The number of nitrogens with zero attached hydrogens (tertiary/aromatic N) is 2. The molecule has 2 rings (SSSR count). The van der Waals surface area contributed by atoms with E-state index in [1.54, 1.807) is 0 Å². The molecule has 10 heteroatoms. The van der Waals surface area contributed by atoms with Gasteiger partial charge in [-0.2, -0.15) is 0 Å². The van der Waals surface area contributed by atoms with Gasteiger partial charge in [-0.05, 0) is 0 Å². The van der Waals surface area contributed by atoms with E-state index in [-0.39, 0.29) is 11.5 Å². The third kappa shape index (κ3) is 2.25. The lowest BCUT2D eigenvalue weighted by Crippen LogP contribution is -2.33. The Hall–Kier alpha value is -2.01. The summed E-state index contributed by atoms with van der Waals surface area (Å²) in [5.74, 6) is -0.942. The predicted molar refractivity (Wildman–Crippen MR) is 63.4 cm³/mol. The zero-order valence-electron chi connectivity index (χ0n) is 10.2. The van der Waals surface area contributed by atoms with Crippen molar-refractivity contribution in [2.45, 2.75) is 24.5 Å². The molecule has 1 fully saturated rings. The zero-order valence-corrected chi connectivity index (χ0v) is 10.2. The van der Waals surface area contributed by atoms with E-state index in [0.717, 1.165) is 10.9 Å². The maximum atomic E-state index is 11.2. The van der Waals surface area contributed by atoms with Gasteiger partial charge in [0.2, 0.25) is 6.41 Å². The fourth-order valence-electron chi connectivity index (χ4n) is 2.04. The van der Waals surface area contributed by atoms with Gasteiger partial charge in [-0.15, -0.1) is 0 Å². The van der Waals surface area contributed by atoms with Gasteiger partial charge < -0.3 is 31.1 Å². The molecule has 0 spiro atoms. The highest BCUT2D eigenvalue weighted by Crippen LogP contribution is 2.32. The Morgan fingerprint density at radius 2 is 2.25 bits per heavy atom. The standard InChI is InChI=1S/C10H14N4O6/c11-8(19)5-9(13-3-16)14(2-12-5)10-7(18)6(17)4(1-15)20-10/h2-4,6-7,10,15,17-18H,1H2,(H2,11,19)(H,13,16)/t4-,6-,7+,10-/m1/s1. The molecule has 110 valence electrons. The smallest absolute Gasteiger partial charge is 0.271 e. The molecule has 6 N–H and O–H groups in total. The SMILES string of the molecule is NC(=O)c1ncn([C@@H]2O[C@H](CO)[C@@H](O)[C@@H]2O)c1NC=O. The van der Waals surface area contributed by atoms with Crippen molar-refractivity contribution in [3.05, 3.63) is 12.0 Å². The molecular formula is C10H14N4O6. The van der Waals surface area contributed by atoms with Crippen LogP contribution in [0.25, 0.3) is 0 Å². The summed E-state index contributed by atoms with van der Waals surface area (Å²) in [6.07, 6.45) is -3.35. The molecule has 1 saturated heterocycles. The molecule has 0 bridgehead atoms. The van der Waals surface area contributed by atoms with Gasteiger partial charge in [0.15, 0.2) is 11.9 Å². The number of aliphatic hydroxyl groups is 3. The van der Waals surface area contributed by atoms with Crippen molar-refractivity contribution >= 4 is 18.1 Å². The van der Waals surface area contributed by atoms with Crippen LogP contribution in [0, 0.1) is 0 Å². The van der Waals surface area contributed by atoms with Crippen molar-refractivity contribution in [3.8, 4) is 0 Å². The maximum absolute atomic E-state index is 11.2. The van der Waals surface area contributed by atoms with Crippen molar-refractivity contribution < 1.29 is 29.6 Å². The van der Waals surface area contributed by atoms with E-state index in [0.29, 0.717) is 6.41 Å². The Kier molecular flexibility index (Phi) is 3.99. The van der Waals surface area contributed by atoms with Crippen LogP contribution in [-0.4, -0.2) is 62.1 Å². The number of rotatable bonds is 5. The summed E-state index contributed by atoms with van der Waals surface area (Å²) in [5.41, 5.74) is 4.90. The van der Waals surface area contributed by atoms with Crippen LogP contribution in [0.15, 0.2) is 6.33 Å². The average Bonchev–Trinajstić information content (AvgIpc) is 2.94. The largest absolute Gasteiger partial charge is 0.394 e. The molecule has 0 unspecified atom stereocenters. The Morgan fingerprint density at radius 3 is 2.75 bits per heavy atom. The van der Waals surface area contributed by atoms with Crippen molar-refractivity contribution in [2.24, 2.45) is 5.73 Å². The van der Waals surface area contributed by atoms with E-state index in [9.17, 15) is 19.8 Å². The first-order chi connectivity index (χ1) is 9.51. The fourth-order valence-corrected chi connectivity index (χ4v) is 2.04. The predicted octanol–water partition coefficient (Wildman–Crippen LogP) is -2.84. The molecule has 1 aliphatic rings. The minimum absolute atomic E-state index is 0.0673. The van der Waals surface area contributed by atoms with Gasteiger partial charge in [-0.1, -0.05) is 0 Å². The number of carbonyl (C=O) groups excluding carboxylic acids is 2. The second-order valence-corrected chi connectivity index (χ2v) is 4.20. The highest BCUT2D eigenvalue weighted by Gasteiger charge is 2.44.